The lowest BCUT2D eigenvalue weighted by atomic mass is 10.1. The summed E-state index contributed by atoms with van der Waals surface area (Å²) >= 11 is 0. The Morgan fingerprint density at radius 2 is 1.63 bits per heavy atom. The van der Waals surface area contributed by atoms with Crippen LogP contribution in [-0.2, 0) is 6.42 Å². The second-order valence-corrected chi connectivity index (χ2v) is 5.21. The van der Waals surface area contributed by atoms with Crippen LogP contribution in [0.1, 0.15) is 5.56 Å². The number of piperazine rings is 1. The van der Waals surface area contributed by atoms with Crippen molar-refractivity contribution in [1.29, 1.82) is 0 Å². The molecule has 0 radical (unpaired) electrons. The van der Waals surface area contributed by atoms with E-state index in [1.807, 2.05) is 0 Å². The van der Waals surface area contributed by atoms with E-state index in [-0.39, 0.29) is 6.61 Å². The van der Waals surface area contributed by atoms with Crippen LogP contribution in [0.15, 0.2) is 30.3 Å². The molecule has 0 aromatic heterocycles. The van der Waals surface area contributed by atoms with Gasteiger partial charge in [-0.3, -0.25) is 4.90 Å². The molecule has 1 atom stereocenters. The lowest BCUT2D eigenvalue weighted by Gasteiger charge is -2.35. The van der Waals surface area contributed by atoms with Gasteiger partial charge in [-0.1, -0.05) is 30.3 Å². The maximum atomic E-state index is 9.42. The number of hydrogen-bond acceptors (Lipinski definition) is 4. The Balaban J connectivity index is 1.66. The zero-order chi connectivity index (χ0) is 13.5. The molecule has 1 unspecified atom stereocenters. The molecule has 4 nitrogen and oxygen atoms in total. The lowest BCUT2D eigenvalue weighted by molar-refractivity contribution is 0.0398. The minimum atomic E-state index is -0.601. The topological polar surface area (TPSA) is 46.9 Å². The minimum Gasteiger partial charge on any atom is -0.394 e. The summed E-state index contributed by atoms with van der Waals surface area (Å²) in [5.41, 5.74) is 1.39. The summed E-state index contributed by atoms with van der Waals surface area (Å²) in [5, 5.41) is 18.3. The fourth-order valence-corrected chi connectivity index (χ4v) is 2.48. The first kappa shape index (κ1) is 14.5. The number of β-amino-alcohol motifs (C(OH)–C–C–N with tert-alkyl or cyclic N) is 1. The number of hydrogen-bond donors (Lipinski definition) is 2. The van der Waals surface area contributed by atoms with Crippen LogP contribution in [0, 0.1) is 0 Å². The average Bonchev–Trinajstić information content (AvgIpc) is 2.47. The molecule has 0 aliphatic carbocycles. The molecule has 19 heavy (non-hydrogen) atoms. The van der Waals surface area contributed by atoms with Crippen LogP contribution in [0.5, 0.6) is 0 Å². The van der Waals surface area contributed by atoms with Gasteiger partial charge in [0.2, 0.25) is 0 Å². The molecule has 0 spiro atoms. The van der Waals surface area contributed by atoms with E-state index >= 15 is 0 Å². The number of rotatable bonds is 6. The molecule has 2 rings (SSSR count). The first-order valence-electron chi connectivity index (χ1n) is 7.05. The van der Waals surface area contributed by atoms with Gasteiger partial charge in [-0.25, -0.2) is 0 Å². The third-order valence-electron chi connectivity index (χ3n) is 3.70. The molecule has 1 aliphatic rings. The van der Waals surface area contributed by atoms with Gasteiger partial charge in [0.25, 0.3) is 0 Å². The second kappa shape index (κ2) is 7.60. The molecule has 1 saturated heterocycles. The van der Waals surface area contributed by atoms with E-state index in [0.29, 0.717) is 6.54 Å². The zero-order valence-corrected chi connectivity index (χ0v) is 11.4. The van der Waals surface area contributed by atoms with Crippen molar-refractivity contribution >= 4 is 0 Å². The monoisotopic (exact) mass is 264 g/mol. The summed E-state index contributed by atoms with van der Waals surface area (Å²) in [6, 6.07) is 10.6. The molecule has 2 N–H and O–H groups in total. The lowest BCUT2D eigenvalue weighted by Crippen LogP contribution is -2.49. The Morgan fingerprint density at radius 1 is 1.00 bits per heavy atom. The van der Waals surface area contributed by atoms with Gasteiger partial charge in [-0.15, -0.1) is 0 Å². The average molecular weight is 264 g/mol. The van der Waals surface area contributed by atoms with E-state index in [2.05, 4.69) is 40.1 Å². The van der Waals surface area contributed by atoms with Gasteiger partial charge in [-0.05, 0) is 12.0 Å². The van der Waals surface area contributed by atoms with Gasteiger partial charge >= 0.3 is 0 Å². The quantitative estimate of drug-likeness (QED) is 0.770. The van der Waals surface area contributed by atoms with Crippen LogP contribution in [0.25, 0.3) is 0 Å². The van der Waals surface area contributed by atoms with Gasteiger partial charge in [0, 0.05) is 39.3 Å². The van der Waals surface area contributed by atoms with Crippen molar-refractivity contribution in [2.24, 2.45) is 0 Å². The minimum absolute atomic E-state index is 0.145. The Kier molecular flexibility index (Phi) is 5.79. The van der Waals surface area contributed by atoms with Crippen molar-refractivity contribution in [3.63, 3.8) is 0 Å². The summed E-state index contributed by atoms with van der Waals surface area (Å²) in [5.74, 6) is 0. The van der Waals surface area contributed by atoms with Crippen molar-refractivity contribution < 1.29 is 10.2 Å². The number of nitrogens with zero attached hydrogens (tertiary/aromatic N) is 2. The van der Waals surface area contributed by atoms with E-state index < -0.39 is 6.10 Å². The van der Waals surface area contributed by atoms with Crippen molar-refractivity contribution in [3.05, 3.63) is 35.9 Å². The van der Waals surface area contributed by atoms with Crippen LogP contribution < -0.4 is 0 Å². The highest BCUT2D eigenvalue weighted by Gasteiger charge is 2.18. The van der Waals surface area contributed by atoms with Crippen LogP contribution in [0.4, 0.5) is 0 Å². The van der Waals surface area contributed by atoms with Gasteiger partial charge < -0.3 is 15.1 Å². The summed E-state index contributed by atoms with van der Waals surface area (Å²) in [6.45, 7) is 5.59. The summed E-state index contributed by atoms with van der Waals surface area (Å²) in [6.07, 6.45) is 0.496. The summed E-state index contributed by atoms with van der Waals surface area (Å²) in [7, 11) is 0. The standard InChI is InChI=1S/C15H24N2O2/c18-13-15(19)12-17-10-8-16(9-11-17)7-6-14-4-2-1-3-5-14/h1-5,15,18-19H,6-13H2. The predicted molar refractivity (Wildman–Crippen MR) is 76.1 cm³/mol. The number of benzene rings is 1. The zero-order valence-electron chi connectivity index (χ0n) is 11.4. The fraction of sp³-hybridized carbons (Fsp3) is 0.600. The Morgan fingerprint density at radius 3 is 2.26 bits per heavy atom. The third-order valence-corrected chi connectivity index (χ3v) is 3.70. The molecule has 106 valence electrons. The van der Waals surface area contributed by atoms with Gasteiger partial charge in [0.05, 0.1) is 12.7 Å². The first-order chi connectivity index (χ1) is 9.28. The molecule has 1 aromatic rings. The largest absolute Gasteiger partial charge is 0.394 e. The van der Waals surface area contributed by atoms with E-state index in [4.69, 9.17) is 5.11 Å². The molecule has 4 heteroatoms. The molecule has 0 amide bonds. The highest BCUT2D eigenvalue weighted by Crippen LogP contribution is 2.06. The van der Waals surface area contributed by atoms with E-state index in [1.165, 1.54) is 5.56 Å². The molecule has 1 heterocycles. The normalized spacial score (nSPS) is 19.5. The summed E-state index contributed by atoms with van der Waals surface area (Å²) in [4.78, 5) is 4.69. The van der Waals surface area contributed by atoms with Crippen LogP contribution >= 0.6 is 0 Å². The Labute approximate surface area is 115 Å². The molecular formula is C15H24N2O2. The smallest absolute Gasteiger partial charge is 0.0897 e. The van der Waals surface area contributed by atoms with Gasteiger partial charge in [-0.2, -0.15) is 0 Å². The molecule has 1 fully saturated rings. The van der Waals surface area contributed by atoms with Crippen molar-refractivity contribution in [2.75, 3.05) is 45.9 Å². The van der Waals surface area contributed by atoms with Crippen molar-refractivity contribution in [2.45, 2.75) is 12.5 Å². The van der Waals surface area contributed by atoms with E-state index in [9.17, 15) is 5.11 Å². The second-order valence-electron chi connectivity index (χ2n) is 5.21. The first-order valence-corrected chi connectivity index (χ1v) is 7.05. The van der Waals surface area contributed by atoms with Gasteiger partial charge in [0.15, 0.2) is 0 Å². The van der Waals surface area contributed by atoms with Gasteiger partial charge in [0.1, 0.15) is 0 Å². The maximum absolute atomic E-state index is 9.42. The maximum Gasteiger partial charge on any atom is 0.0897 e. The van der Waals surface area contributed by atoms with Crippen LogP contribution in [0.3, 0.4) is 0 Å². The third kappa shape index (κ3) is 4.91. The molecule has 0 saturated carbocycles. The SMILES string of the molecule is OCC(O)CN1CCN(CCc2ccccc2)CC1. The van der Waals surface area contributed by atoms with Crippen molar-refractivity contribution in [1.82, 2.24) is 9.80 Å². The molecular weight excluding hydrogens is 240 g/mol. The predicted octanol–water partition coefficient (Wildman–Crippen LogP) is 0.200. The van der Waals surface area contributed by atoms with E-state index in [0.717, 1.165) is 39.1 Å². The fourth-order valence-electron chi connectivity index (χ4n) is 2.48. The molecule has 1 aromatic carbocycles. The summed E-state index contributed by atoms with van der Waals surface area (Å²) < 4.78 is 0. The number of aliphatic hydroxyl groups is 2. The molecule has 1 aliphatic heterocycles. The van der Waals surface area contributed by atoms with E-state index in [1.54, 1.807) is 0 Å². The Hall–Kier alpha value is -0.940. The Bertz CT molecular complexity index is 350. The highest BCUT2D eigenvalue weighted by molar-refractivity contribution is 5.14. The van der Waals surface area contributed by atoms with Crippen LogP contribution in [0.2, 0.25) is 0 Å². The number of aliphatic hydroxyl groups excluding tert-OH is 2. The molecule has 0 bridgehead atoms. The van der Waals surface area contributed by atoms with Crippen LogP contribution in [-0.4, -0.2) is 72.0 Å². The highest BCUT2D eigenvalue weighted by atomic mass is 16.3. The van der Waals surface area contributed by atoms with Crippen molar-refractivity contribution in [3.8, 4) is 0 Å².